The fourth-order valence-corrected chi connectivity index (χ4v) is 4.96. The zero-order chi connectivity index (χ0) is 19.7. The van der Waals surface area contributed by atoms with Gasteiger partial charge in [0, 0.05) is 18.8 Å². The maximum atomic E-state index is 13.2. The van der Waals surface area contributed by atoms with E-state index >= 15 is 0 Å². The molecule has 144 valence electrons. The Bertz CT molecular complexity index is 1160. The average molecular weight is 398 g/mol. The molecule has 1 aliphatic rings. The molecule has 1 N–H and O–H groups in total. The molecule has 0 spiro atoms. The van der Waals surface area contributed by atoms with E-state index in [1.165, 1.54) is 12.1 Å². The summed E-state index contributed by atoms with van der Waals surface area (Å²) in [6, 6.07) is 17.9. The van der Waals surface area contributed by atoms with E-state index in [0.29, 0.717) is 11.3 Å². The Morgan fingerprint density at radius 1 is 1.04 bits per heavy atom. The van der Waals surface area contributed by atoms with Crippen LogP contribution in [-0.2, 0) is 27.8 Å². The van der Waals surface area contributed by atoms with Gasteiger partial charge in [0.2, 0.25) is 15.9 Å². The Morgan fingerprint density at radius 3 is 2.64 bits per heavy atom. The molecule has 1 heterocycles. The summed E-state index contributed by atoms with van der Waals surface area (Å²) in [6.45, 7) is -0.948. The number of amides is 1. The standard InChI is InChI=1S/C21H19FN2O3S/c22-10-11-24(14-16-6-3-5-15-4-1-2-7-19(15)16)28(26,27)18-8-9-20-17(12-18)13-21(25)23-20/h1-9,12H,10-11,13-14H2,(H,23,25). The van der Waals surface area contributed by atoms with Crippen molar-refractivity contribution >= 4 is 32.4 Å². The van der Waals surface area contributed by atoms with Crippen molar-refractivity contribution in [2.75, 3.05) is 18.5 Å². The Kier molecular flexibility index (Phi) is 4.87. The van der Waals surface area contributed by atoms with Crippen LogP contribution in [0.3, 0.4) is 0 Å². The minimum Gasteiger partial charge on any atom is -0.326 e. The van der Waals surface area contributed by atoms with E-state index in [0.717, 1.165) is 20.6 Å². The monoisotopic (exact) mass is 398 g/mol. The van der Waals surface area contributed by atoms with E-state index in [9.17, 15) is 17.6 Å². The second-order valence-corrected chi connectivity index (χ2v) is 8.65. The van der Waals surface area contributed by atoms with Crippen LogP contribution in [0.1, 0.15) is 11.1 Å². The maximum absolute atomic E-state index is 13.2. The summed E-state index contributed by atoms with van der Waals surface area (Å²) in [7, 11) is -3.91. The van der Waals surface area contributed by atoms with Crippen LogP contribution in [-0.4, -0.2) is 31.8 Å². The Hall–Kier alpha value is -2.77. The number of nitrogens with one attached hydrogen (secondary N) is 1. The van der Waals surface area contributed by atoms with Crippen molar-refractivity contribution in [3.05, 3.63) is 71.8 Å². The molecule has 0 aliphatic carbocycles. The minimum absolute atomic E-state index is 0.0661. The molecule has 0 atom stereocenters. The molecule has 3 aromatic rings. The van der Waals surface area contributed by atoms with Crippen LogP contribution >= 0.6 is 0 Å². The van der Waals surface area contributed by atoms with Gasteiger partial charge in [-0.1, -0.05) is 42.5 Å². The third kappa shape index (κ3) is 3.39. The Labute approximate surface area is 162 Å². The summed E-state index contributed by atoms with van der Waals surface area (Å²) in [5.41, 5.74) is 2.07. The fraction of sp³-hybridized carbons (Fsp3) is 0.190. The highest BCUT2D eigenvalue weighted by molar-refractivity contribution is 7.89. The number of nitrogens with zero attached hydrogens (tertiary/aromatic N) is 1. The third-order valence-electron chi connectivity index (χ3n) is 4.90. The molecule has 0 saturated heterocycles. The summed E-state index contributed by atoms with van der Waals surface area (Å²) < 4.78 is 40.8. The first-order valence-corrected chi connectivity index (χ1v) is 10.4. The van der Waals surface area contributed by atoms with Crippen molar-refractivity contribution < 1.29 is 17.6 Å². The predicted octanol–water partition coefficient (Wildman–Crippen LogP) is 3.49. The molecule has 0 saturated carbocycles. The van der Waals surface area contributed by atoms with Crippen molar-refractivity contribution in [1.29, 1.82) is 0 Å². The summed E-state index contributed by atoms with van der Waals surface area (Å²) >= 11 is 0. The lowest BCUT2D eigenvalue weighted by molar-refractivity contribution is -0.115. The highest BCUT2D eigenvalue weighted by Gasteiger charge is 2.27. The van der Waals surface area contributed by atoms with Gasteiger partial charge in [0.1, 0.15) is 6.67 Å². The highest BCUT2D eigenvalue weighted by Crippen LogP contribution is 2.29. The van der Waals surface area contributed by atoms with Crippen molar-refractivity contribution in [2.24, 2.45) is 0 Å². The molecule has 0 bridgehead atoms. The first kappa shape index (κ1) is 18.6. The molecule has 1 aliphatic heterocycles. The molecule has 1 amide bonds. The van der Waals surface area contributed by atoms with E-state index in [1.54, 1.807) is 6.07 Å². The van der Waals surface area contributed by atoms with Crippen molar-refractivity contribution in [2.45, 2.75) is 17.9 Å². The van der Waals surface area contributed by atoms with Gasteiger partial charge in [-0.2, -0.15) is 4.31 Å². The Morgan fingerprint density at radius 2 is 1.82 bits per heavy atom. The largest absolute Gasteiger partial charge is 0.326 e. The van der Waals surface area contributed by atoms with Crippen LogP contribution in [0.2, 0.25) is 0 Å². The van der Waals surface area contributed by atoms with Crippen molar-refractivity contribution in [3.8, 4) is 0 Å². The second kappa shape index (κ2) is 7.33. The smallest absolute Gasteiger partial charge is 0.243 e. The van der Waals surface area contributed by atoms with Gasteiger partial charge >= 0.3 is 0 Å². The molecule has 0 fully saturated rings. The molecule has 0 radical (unpaired) electrons. The van der Waals surface area contributed by atoms with Crippen LogP contribution in [0, 0.1) is 0 Å². The van der Waals surface area contributed by atoms with E-state index in [2.05, 4.69) is 5.32 Å². The molecule has 0 unspecified atom stereocenters. The molecular formula is C21H19FN2O3S. The molecule has 3 aromatic carbocycles. The maximum Gasteiger partial charge on any atom is 0.243 e. The van der Waals surface area contributed by atoms with Crippen molar-refractivity contribution in [3.63, 3.8) is 0 Å². The lowest BCUT2D eigenvalue weighted by Gasteiger charge is -2.22. The fourth-order valence-electron chi connectivity index (χ4n) is 3.51. The lowest BCUT2D eigenvalue weighted by Crippen LogP contribution is -2.32. The van der Waals surface area contributed by atoms with Gasteiger partial charge in [-0.05, 0) is 40.1 Å². The van der Waals surface area contributed by atoms with Gasteiger partial charge in [0.25, 0.3) is 0 Å². The van der Waals surface area contributed by atoms with Crippen LogP contribution in [0.4, 0.5) is 10.1 Å². The van der Waals surface area contributed by atoms with Gasteiger partial charge in [-0.3, -0.25) is 4.79 Å². The van der Waals surface area contributed by atoms with E-state index in [1.807, 2.05) is 42.5 Å². The first-order valence-electron chi connectivity index (χ1n) is 8.94. The molecule has 7 heteroatoms. The van der Waals surface area contributed by atoms with Crippen LogP contribution in [0.15, 0.2) is 65.6 Å². The number of alkyl halides is 1. The highest BCUT2D eigenvalue weighted by atomic mass is 32.2. The normalized spacial score (nSPS) is 13.7. The van der Waals surface area contributed by atoms with Gasteiger partial charge < -0.3 is 5.32 Å². The minimum atomic E-state index is -3.91. The topological polar surface area (TPSA) is 66.5 Å². The average Bonchev–Trinajstić information content (AvgIpc) is 3.07. The van der Waals surface area contributed by atoms with Crippen LogP contribution in [0.25, 0.3) is 10.8 Å². The SMILES string of the molecule is O=C1Cc2cc(S(=O)(=O)N(CCF)Cc3cccc4ccccc34)ccc2N1. The van der Waals surface area contributed by atoms with Gasteiger partial charge in [-0.25, -0.2) is 12.8 Å². The van der Waals surface area contributed by atoms with Gasteiger partial charge in [0.15, 0.2) is 0 Å². The number of hydrogen-bond acceptors (Lipinski definition) is 3. The molecule has 28 heavy (non-hydrogen) atoms. The predicted molar refractivity (Wildman–Crippen MR) is 106 cm³/mol. The number of rotatable bonds is 6. The number of sulfonamides is 1. The van der Waals surface area contributed by atoms with Gasteiger partial charge in [-0.15, -0.1) is 0 Å². The van der Waals surface area contributed by atoms with Crippen LogP contribution < -0.4 is 5.32 Å². The molecule has 0 aromatic heterocycles. The molecular weight excluding hydrogens is 379 g/mol. The zero-order valence-corrected chi connectivity index (χ0v) is 15.9. The first-order chi connectivity index (χ1) is 13.5. The summed E-state index contributed by atoms with van der Waals surface area (Å²) in [5, 5.41) is 4.62. The number of anilines is 1. The number of benzene rings is 3. The van der Waals surface area contributed by atoms with E-state index < -0.39 is 16.7 Å². The lowest BCUT2D eigenvalue weighted by atomic mass is 10.0. The molecule has 5 nitrogen and oxygen atoms in total. The molecule has 4 rings (SSSR count). The van der Waals surface area contributed by atoms with E-state index in [-0.39, 0.29) is 30.3 Å². The zero-order valence-electron chi connectivity index (χ0n) is 15.1. The number of carbonyl (C=O) groups is 1. The number of carbonyl (C=O) groups excluding carboxylic acids is 1. The number of halogens is 1. The number of hydrogen-bond donors (Lipinski definition) is 1. The summed E-state index contributed by atoms with van der Waals surface area (Å²) in [6.07, 6.45) is 0.144. The van der Waals surface area contributed by atoms with Gasteiger partial charge in [0.05, 0.1) is 11.3 Å². The second-order valence-electron chi connectivity index (χ2n) is 6.71. The Balaban J connectivity index is 1.71. The summed E-state index contributed by atoms with van der Waals surface area (Å²) in [5.74, 6) is -0.166. The van der Waals surface area contributed by atoms with Crippen molar-refractivity contribution in [1.82, 2.24) is 4.31 Å². The third-order valence-corrected chi connectivity index (χ3v) is 6.74. The number of fused-ring (bicyclic) bond motifs is 2. The van der Waals surface area contributed by atoms with Crippen LogP contribution in [0.5, 0.6) is 0 Å². The summed E-state index contributed by atoms with van der Waals surface area (Å²) in [4.78, 5) is 11.6. The van der Waals surface area contributed by atoms with E-state index in [4.69, 9.17) is 0 Å². The quantitative estimate of drug-likeness (QED) is 0.691.